The Hall–Kier alpha value is -2.41. The largest absolute Gasteiger partial charge is 0.481 e. The summed E-state index contributed by atoms with van der Waals surface area (Å²) in [6.07, 6.45) is 3.69. The third kappa shape index (κ3) is 3.64. The van der Waals surface area contributed by atoms with Crippen molar-refractivity contribution < 1.29 is 13.9 Å². The Labute approximate surface area is 174 Å². The molecule has 1 amide bonds. The van der Waals surface area contributed by atoms with Crippen molar-refractivity contribution in [2.75, 3.05) is 25.5 Å². The molecule has 0 bridgehead atoms. The molecule has 2 aliphatic rings. The molecule has 154 valence electrons. The van der Waals surface area contributed by atoms with Crippen LogP contribution in [0.15, 0.2) is 18.3 Å². The molecule has 1 N–H and O–H groups in total. The lowest BCUT2D eigenvalue weighted by molar-refractivity contribution is -0.131. The van der Waals surface area contributed by atoms with Crippen LogP contribution in [0, 0.1) is 12.7 Å². The number of fused-ring (bicyclic) bond motifs is 1. The lowest BCUT2D eigenvalue weighted by Crippen LogP contribution is -2.46. The van der Waals surface area contributed by atoms with Crippen LogP contribution in [0.3, 0.4) is 0 Å². The average Bonchev–Trinajstić information content (AvgIpc) is 3.12. The van der Waals surface area contributed by atoms with Gasteiger partial charge in [0.25, 0.3) is 0 Å². The molecular formula is C21H24ClFN4O2. The van der Waals surface area contributed by atoms with Gasteiger partial charge in [0.1, 0.15) is 11.6 Å². The van der Waals surface area contributed by atoms with E-state index in [4.69, 9.17) is 16.3 Å². The number of ether oxygens (including phenoxy) is 1. The molecule has 2 aromatic rings. The first kappa shape index (κ1) is 19.9. The minimum Gasteiger partial charge on any atom is -0.481 e. The third-order valence-corrected chi connectivity index (χ3v) is 6.44. The summed E-state index contributed by atoms with van der Waals surface area (Å²) in [5.41, 5.74) is 1.99. The minimum absolute atomic E-state index is 0.0955. The summed E-state index contributed by atoms with van der Waals surface area (Å²) < 4.78 is 19.3. The Bertz CT molecular complexity index is 970. The zero-order valence-electron chi connectivity index (χ0n) is 16.8. The molecule has 6 nitrogen and oxygen atoms in total. The zero-order valence-corrected chi connectivity index (χ0v) is 17.5. The number of hydrogen-bond acceptors (Lipinski definition) is 5. The Kier molecular flexibility index (Phi) is 5.11. The van der Waals surface area contributed by atoms with Crippen molar-refractivity contribution in [1.29, 1.82) is 0 Å². The van der Waals surface area contributed by atoms with Gasteiger partial charge in [-0.2, -0.15) is 0 Å². The summed E-state index contributed by atoms with van der Waals surface area (Å²) >= 11 is 6.20. The van der Waals surface area contributed by atoms with Gasteiger partial charge < -0.3 is 15.0 Å². The summed E-state index contributed by atoms with van der Waals surface area (Å²) in [7, 11) is 1.47. The fraction of sp³-hybridized carbons (Fsp3) is 0.476. The second-order valence-corrected chi connectivity index (χ2v) is 8.36. The van der Waals surface area contributed by atoms with Crippen molar-refractivity contribution in [3.63, 3.8) is 0 Å². The van der Waals surface area contributed by atoms with Crippen LogP contribution >= 0.6 is 11.6 Å². The number of likely N-dealkylation sites (tertiary alicyclic amines) is 1. The van der Waals surface area contributed by atoms with Crippen LogP contribution in [0.5, 0.6) is 5.88 Å². The Balaban J connectivity index is 1.51. The number of aryl methyl sites for hydroxylation is 2. The number of carbonyl (C=O) groups is 1. The Morgan fingerprint density at radius 1 is 1.41 bits per heavy atom. The van der Waals surface area contributed by atoms with E-state index in [0.29, 0.717) is 29.6 Å². The smallest absolute Gasteiger partial charge is 0.230 e. The van der Waals surface area contributed by atoms with Gasteiger partial charge in [-0.15, -0.1) is 0 Å². The molecule has 8 heteroatoms. The molecule has 2 aliphatic heterocycles. The number of nitrogens with zero attached hydrogens (tertiary/aromatic N) is 3. The highest BCUT2D eigenvalue weighted by atomic mass is 35.5. The molecule has 2 aromatic heterocycles. The van der Waals surface area contributed by atoms with E-state index in [9.17, 15) is 9.18 Å². The zero-order chi connectivity index (χ0) is 20.8. The summed E-state index contributed by atoms with van der Waals surface area (Å²) in [5.74, 6) is -0.0594. The first-order valence-corrected chi connectivity index (χ1v) is 10.1. The van der Waals surface area contributed by atoms with Crippen LogP contribution in [-0.4, -0.2) is 46.5 Å². The molecule has 1 spiro atoms. The molecule has 0 radical (unpaired) electrons. The molecule has 0 unspecified atom stereocenters. The third-order valence-electron chi connectivity index (χ3n) is 6.06. The highest BCUT2D eigenvalue weighted by molar-refractivity contribution is 6.31. The monoisotopic (exact) mass is 418 g/mol. The van der Waals surface area contributed by atoms with Gasteiger partial charge in [-0.1, -0.05) is 11.6 Å². The number of amides is 1. The molecule has 0 aliphatic carbocycles. The van der Waals surface area contributed by atoms with E-state index in [1.54, 1.807) is 6.92 Å². The normalized spacial score (nSPS) is 21.6. The lowest BCUT2D eigenvalue weighted by atomic mass is 9.86. The number of rotatable bonds is 3. The van der Waals surface area contributed by atoms with Crippen molar-refractivity contribution in [2.45, 2.75) is 44.6 Å². The van der Waals surface area contributed by atoms with Crippen LogP contribution in [0.2, 0.25) is 5.02 Å². The van der Waals surface area contributed by atoms with Crippen LogP contribution < -0.4 is 10.1 Å². The van der Waals surface area contributed by atoms with Crippen LogP contribution in [0.4, 0.5) is 10.2 Å². The molecular weight excluding hydrogens is 395 g/mol. The van der Waals surface area contributed by atoms with Crippen molar-refractivity contribution >= 4 is 23.3 Å². The maximum atomic E-state index is 14.3. The Morgan fingerprint density at radius 3 is 2.97 bits per heavy atom. The lowest BCUT2D eigenvalue weighted by Gasteiger charge is -2.36. The summed E-state index contributed by atoms with van der Waals surface area (Å²) in [6.45, 7) is 4.81. The molecule has 1 fully saturated rings. The summed E-state index contributed by atoms with van der Waals surface area (Å²) in [6, 6.07) is 3.47. The quantitative estimate of drug-likeness (QED) is 0.822. The average molecular weight is 419 g/mol. The van der Waals surface area contributed by atoms with Crippen molar-refractivity contribution in [2.24, 2.45) is 0 Å². The van der Waals surface area contributed by atoms with Gasteiger partial charge in [-0.3, -0.25) is 4.79 Å². The molecule has 4 heterocycles. The summed E-state index contributed by atoms with van der Waals surface area (Å²) in [5, 5.41) is 4.24. The number of halogens is 2. The standard InChI is InChI=1S/C21H24ClFN4O2/c1-12(15-9-18(29-3)24-10-17(15)23)20(28)27-7-6-21(11-27)5-4-14-8-16(22)13(2)25-19(14)26-21/h8-10,12H,4-7,11H2,1-3H3,(H,25,26)/t12-,21-/m1/s1. The highest BCUT2D eigenvalue weighted by Crippen LogP contribution is 2.38. The van der Waals surface area contributed by atoms with Gasteiger partial charge in [0.15, 0.2) is 0 Å². The second-order valence-electron chi connectivity index (χ2n) is 7.95. The number of anilines is 1. The topological polar surface area (TPSA) is 67.3 Å². The number of hydrogen-bond donors (Lipinski definition) is 1. The fourth-order valence-corrected chi connectivity index (χ4v) is 4.43. The van der Waals surface area contributed by atoms with Crippen LogP contribution in [0.25, 0.3) is 0 Å². The van der Waals surface area contributed by atoms with Gasteiger partial charge in [0, 0.05) is 24.7 Å². The maximum absolute atomic E-state index is 14.3. The second kappa shape index (κ2) is 7.44. The predicted molar refractivity (Wildman–Crippen MR) is 109 cm³/mol. The van der Waals surface area contributed by atoms with Gasteiger partial charge in [0.2, 0.25) is 11.8 Å². The van der Waals surface area contributed by atoms with Gasteiger partial charge in [-0.25, -0.2) is 14.4 Å². The van der Waals surface area contributed by atoms with E-state index in [-0.39, 0.29) is 11.4 Å². The minimum atomic E-state index is -0.614. The number of methoxy groups -OCH3 is 1. The van der Waals surface area contributed by atoms with Crippen molar-refractivity contribution in [3.8, 4) is 5.88 Å². The van der Waals surface area contributed by atoms with E-state index < -0.39 is 11.7 Å². The SMILES string of the molecule is COc1cc([C@@H](C)C(=O)N2CC[C@]3(CCc4cc(Cl)c(C)nc4N3)C2)c(F)cn1. The number of carbonyl (C=O) groups excluding carboxylic acids is 1. The first-order valence-electron chi connectivity index (χ1n) is 9.74. The van der Waals surface area contributed by atoms with Crippen LogP contribution in [0.1, 0.15) is 42.5 Å². The van der Waals surface area contributed by atoms with E-state index in [1.807, 2.05) is 17.9 Å². The molecule has 0 saturated carbocycles. The molecule has 1 saturated heterocycles. The molecule has 2 atom stereocenters. The molecule has 0 aromatic carbocycles. The van der Waals surface area contributed by atoms with E-state index in [0.717, 1.165) is 42.5 Å². The van der Waals surface area contributed by atoms with Gasteiger partial charge in [0.05, 0.1) is 35.5 Å². The van der Waals surface area contributed by atoms with Gasteiger partial charge >= 0.3 is 0 Å². The number of aromatic nitrogens is 2. The Morgan fingerprint density at radius 2 is 2.21 bits per heavy atom. The highest BCUT2D eigenvalue weighted by Gasteiger charge is 2.43. The van der Waals surface area contributed by atoms with E-state index >= 15 is 0 Å². The van der Waals surface area contributed by atoms with Crippen molar-refractivity contribution in [3.05, 3.63) is 46.0 Å². The fourth-order valence-electron chi connectivity index (χ4n) is 4.26. The van der Waals surface area contributed by atoms with Crippen molar-refractivity contribution in [1.82, 2.24) is 14.9 Å². The number of nitrogens with one attached hydrogen (secondary N) is 1. The van der Waals surface area contributed by atoms with E-state index in [2.05, 4.69) is 15.3 Å². The van der Waals surface area contributed by atoms with E-state index in [1.165, 1.54) is 13.2 Å². The van der Waals surface area contributed by atoms with Crippen LogP contribution in [-0.2, 0) is 11.2 Å². The summed E-state index contributed by atoms with van der Waals surface area (Å²) in [4.78, 5) is 23.4. The van der Waals surface area contributed by atoms with Gasteiger partial charge in [-0.05, 0) is 44.7 Å². The molecule has 29 heavy (non-hydrogen) atoms. The molecule has 4 rings (SSSR count). The number of pyridine rings is 2. The first-order chi connectivity index (χ1) is 13.8. The maximum Gasteiger partial charge on any atom is 0.230 e. The predicted octanol–water partition coefficient (Wildman–Crippen LogP) is 3.72.